The van der Waals surface area contributed by atoms with Gasteiger partial charge in [-0.2, -0.15) is 0 Å². The van der Waals surface area contributed by atoms with Crippen LogP contribution in [0.1, 0.15) is 73.1 Å². The summed E-state index contributed by atoms with van der Waals surface area (Å²) in [4.78, 5) is 23.0. The fourth-order valence-electron chi connectivity index (χ4n) is 4.20. The van der Waals surface area contributed by atoms with Crippen molar-refractivity contribution in [2.45, 2.75) is 65.5 Å². The van der Waals surface area contributed by atoms with E-state index in [4.69, 9.17) is 4.98 Å². The summed E-state index contributed by atoms with van der Waals surface area (Å²) in [7, 11) is 0. The van der Waals surface area contributed by atoms with Gasteiger partial charge in [0.1, 0.15) is 10.7 Å². The Morgan fingerprint density at radius 2 is 2.07 bits per heavy atom. The number of aryl methyl sites for hydroxylation is 2. The van der Waals surface area contributed by atoms with E-state index in [2.05, 4.69) is 62.3 Å². The number of aromatic nitrogens is 2. The molecule has 0 spiro atoms. The van der Waals surface area contributed by atoms with E-state index in [1.54, 1.807) is 11.3 Å². The Hall–Kier alpha value is -1.98. The lowest BCUT2D eigenvalue weighted by Gasteiger charge is -2.22. The molecule has 28 heavy (non-hydrogen) atoms. The number of H-pyrrole nitrogens is 1. The van der Waals surface area contributed by atoms with Crippen LogP contribution in [0.4, 0.5) is 0 Å². The van der Waals surface area contributed by atoms with Crippen LogP contribution in [0.2, 0.25) is 0 Å². The van der Waals surface area contributed by atoms with E-state index in [1.807, 2.05) is 0 Å². The predicted molar refractivity (Wildman–Crippen MR) is 117 cm³/mol. The highest BCUT2D eigenvalue weighted by atomic mass is 32.1. The maximum atomic E-state index is 12.9. The van der Waals surface area contributed by atoms with E-state index in [9.17, 15) is 4.79 Å². The third-order valence-corrected chi connectivity index (χ3v) is 7.08. The van der Waals surface area contributed by atoms with Gasteiger partial charge in [0.25, 0.3) is 5.56 Å². The summed E-state index contributed by atoms with van der Waals surface area (Å²) in [5.74, 6) is 1.43. The van der Waals surface area contributed by atoms with Gasteiger partial charge in [-0.05, 0) is 56.6 Å². The second kappa shape index (κ2) is 7.80. The van der Waals surface area contributed by atoms with E-state index in [-0.39, 0.29) is 17.6 Å². The zero-order valence-electron chi connectivity index (χ0n) is 17.1. The fourth-order valence-corrected chi connectivity index (χ4v) is 5.59. The maximum absolute atomic E-state index is 12.9. The smallest absolute Gasteiger partial charge is 0.259 e. The highest BCUT2D eigenvalue weighted by Gasteiger charge is 2.24. The lowest BCUT2D eigenvalue weighted by atomic mass is 9.89. The summed E-state index contributed by atoms with van der Waals surface area (Å²) in [6, 6.07) is 8.85. The minimum atomic E-state index is -0.0265. The molecule has 5 heteroatoms. The van der Waals surface area contributed by atoms with Gasteiger partial charge in [-0.3, -0.25) is 4.79 Å². The molecule has 2 aromatic heterocycles. The van der Waals surface area contributed by atoms with E-state index in [1.165, 1.54) is 21.6 Å². The first-order chi connectivity index (χ1) is 13.5. The van der Waals surface area contributed by atoms with E-state index >= 15 is 0 Å². The number of aromatic amines is 1. The molecule has 4 nitrogen and oxygen atoms in total. The first-order valence-electron chi connectivity index (χ1n) is 10.3. The normalized spacial score (nSPS) is 18.8. The number of rotatable bonds is 5. The van der Waals surface area contributed by atoms with Gasteiger partial charge in [-0.15, -0.1) is 11.3 Å². The Morgan fingerprint density at radius 1 is 1.32 bits per heavy atom. The molecular formula is C23H29N3OS. The quantitative estimate of drug-likeness (QED) is 0.623. The highest BCUT2D eigenvalue weighted by Crippen LogP contribution is 2.36. The summed E-state index contributed by atoms with van der Waals surface area (Å²) in [5.41, 5.74) is 3.79. The summed E-state index contributed by atoms with van der Waals surface area (Å²) in [6.07, 6.45) is 4.21. The number of nitrogens with zero attached hydrogens (tertiary/aromatic N) is 1. The van der Waals surface area contributed by atoms with Crippen LogP contribution in [0, 0.1) is 12.8 Å². The first-order valence-corrected chi connectivity index (χ1v) is 11.1. The SMILES string of the molecule is CC[C@@H](N[C@H](C)c1nc2sc3c(c2c(=O)[nH]1)CC[C@@H](C)C3)c1ccc(C)cc1. The summed E-state index contributed by atoms with van der Waals surface area (Å²) >= 11 is 1.71. The van der Waals surface area contributed by atoms with Crippen molar-refractivity contribution in [1.29, 1.82) is 0 Å². The molecule has 1 aliphatic carbocycles. The maximum Gasteiger partial charge on any atom is 0.259 e. The number of hydrogen-bond acceptors (Lipinski definition) is 4. The minimum Gasteiger partial charge on any atom is -0.309 e. The molecule has 4 rings (SSSR count). The van der Waals surface area contributed by atoms with Gasteiger partial charge in [0.15, 0.2) is 0 Å². The number of nitrogens with one attached hydrogen (secondary N) is 2. The largest absolute Gasteiger partial charge is 0.309 e. The molecule has 0 radical (unpaired) electrons. The Labute approximate surface area is 170 Å². The molecule has 0 saturated heterocycles. The molecule has 0 aliphatic heterocycles. The van der Waals surface area contributed by atoms with Crippen LogP contribution in [-0.2, 0) is 12.8 Å². The molecule has 0 amide bonds. The number of benzene rings is 1. The Balaban J connectivity index is 1.63. The average molecular weight is 396 g/mol. The fraction of sp³-hybridized carbons (Fsp3) is 0.478. The van der Waals surface area contributed by atoms with Crippen LogP contribution in [-0.4, -0.2) is 9.97 Å². The van der Waals surface area contributed by atoms with Crippen molar-refractivity contribution < 1.29 is 0 Å². The van der Waals surface area contributed by atoms with Crippen molar-refractivity contribution in [1.82, 2.24) is 15.3 Å². The van der Waals surface area contributed by atoms with Gasteiger partial charge in [0.2, 0.25) is 0 Å². The van der Waals surface area contributed by atoms with Crippen molar-refractivity contribution in [2.24, 2.45) is 5.92 Å². The second-order valence-corrected chi connectivity index (χ2v) is 9.33. The first kappa shape index (κ1) is 19.3. The van der Waals surface area contributed by atoms with Crippen LogP contribution in [0.3, 0.4) is 0 Å². The molecule has 1 aromatic carbocycles. The zero-order chi connectivity index (χ0) is 19.8. The summed E-state index contributed by atoms with van der Waals surface area (Å²) < 4.78 is 0. The van der Waals surface area contributed by atoms with Crippen LogP contribution >= 0.6 is 11.3 Å². The number of hydrogen-bond donors (Lipinski definition) is 2. The number of fused-ring (bicyclic) bond motifs is 3. The predicted octanol–water partition coefficient (Wildman–Crippen LogP) is 5.22. The molecule has 2 heterocycles. The van der Waals surface area contributed by atoms with Crippen molar-refractivity contribution in [3.05, 3.63) is 62.0 Å². The van der Waals surface area contributed by atoms with Crippen LogP contribution in [0.15, 0.2) is 29.1 Å². The lowest BCUT2D eigenvalue weighted by Crippen LogP contribution is -2.27. The molecule has 0 fully saturated rings. The van der Waals surface area contributed by atoms with Crippen molar-refractivity contribution in [3.63, 3.8) is 0 Å². The van der Waals surface area contributed by atoms with E-state index in [0.717, 1.165) is 41.7 Å². The minimum absolute atomic E-state index is 0.0177. The monoisotopic (exact) mass is 395 g/mol. The molecular weight excluding hydrogens is 366 g/mol. The van der Waals surface area contributed by atoms with Gasteiger partial charge in [0, 0.05) is 10.9 Å². The lowest BCUT2D eigenvalue weighted by molar-refractivity contribution is 0.443. The highest BCUT2D eigenvalue weighted by molar-refractivity contribution is 7.18. The Morgan fingerprint density at radius 3 is 2.79 bits per heavy atom. The van der Waals surface area contributed by atoms with E-state index < -0.39 is 0 Å². The van der Waals surface area contributed by atoms with Crippen molar-refractivity contribution in [2.75, 3.05) is 0 Å². The van der Waals surface area contributed by atoms with Crippen molar-refractivity contribution >= 4 is 21.6 Å². The molecule has 3 aromatic rings. The van der Waals surface area contributed by atoms with Crippen LogP contribution in [0.25, 0.3) is 10.2 Å². The van der Waals surface area contributed by atoms with Gasteiger partial charge in [-0.25, -0.2) is 4.98 Å². The molecule has 0 unspecified atom stereocenters. The topological polar surface area (TPSA) is 57.8 Å². The van der Waals surface area contributed by atoms with Crippen LogP contribution < -0.4 is 10.9 Å². The Bertz CT molecular complexity index is 1030. The van der Waals surface area contributed by atoms with Gasteiger partial charge in [0.05, 0.1) is 11.4 Å². The molecule has 3 atom stereocenters. The summed E-state index contributed by atoms with van der Waals surface area (Å²) in [5, 5.41) is 4.48. The third kappa shape index (κ3) is 3.65. The molecule has 0 bridgehead atoms. The molecule has 1 aliphatic rings. The molecule has 0 saturated carbocycles. The van der Waals surface area contributed by atoms with Gasteiger partial charge in [-0.1, -0.05) is 43.7 Å². The van der Waals surface area contributed by atoms with Gasteiger partial charge >= 0.3 is 0 Å². The van der Waals surface area contributed by atoms with Gasteiger partial charge < -0.3 is 10.3 Å². The Kier molecular flexibility index (Phi) is 5.39. The summed E-state index contributed by atoms with van der Waals surface area (Å²) in [6.45, 7) is 8.65. The molecule has 2 N–H and O–H groups in total. The zero-order valence-corrected chi connectivity index (χ0v) is 18.0. The standard InChI is InChI=1S/C23H29N3OS/c1-5-18(16-9-6-13(2)7-10-16)24-15(4)21-25-22(27)20-17-11-8-14(3)12-19(17)28-23(20)26-21/h6-7,9-10,14-15,18,24H,5,8,11-12H2,1-4H3,(H,25,26,27)/t14-,15-,18-/m1/s1. The second-order valence-electron chi connectivity index (χ2n) is 8.24. The average Bonchev–Trinajstić information content (AvgIpc) is 3.04. The third-order valence-electron chi connectivity index (χ3n) is 5.93. The van der Waals surface area contributed by atoms with E-state index in [0.29, 0.717) is 5.92 Å². The van der Waals surface area contributed by atoms with Crippen molar-refractivity contribution in [3.8, 4) is 0 Å². The number of thiophene rings is 1. The van der Waals surface area contributed by atoms with Crippen LogP contribution in [0.5, 0.6) is 0 Å². The molecule has 148 valence electrons.